The van der Waals surface area contributed by atoms with Crippen molar-refractivity contribution in [1.82, 2.24) is 4.98 Å². The quantitative estimate of drug-likeness (QED) is 0.595. The summed E-state index contributed by atoms with van der Waals surface area (Å²) in [6.07, 6.45) is 4.01. The van der Waals surface area contributed by atoms with Crippen molar-refractivity contribution in [2.75, 3.05) is 0 Å². The van der Waals surface area contributed by atoms with Crippen LogP contribution in [0.1, 0.15) is 25.1 Å². The van der Waals surface area contributed by atoms with E-state index in [0.717, 1.165) is 5.69 Å². The van der Waals surface area contributed by atoms with Crippen LogP contribution in [-0.4, -0.2) is 4.98 Å². The summed E-state index contributed by atoms with van der Waals surface area (Å²) in [4.78, 5) is 4.19. The van der Waals surface area contributed by atoms with Crippen LogP contribution in [0, 0.1) is 6.92 Å². The Hall–Kier alpha value is -1.11. The standard InChI is InChI=1S/C10H13N/c1-8(2)6-10-5-4-9(3)11-7-10/h4-7H,1-3H3. The van der Waals surface area contributed by atoms with Crippen molar-refractivity contribution in [2.24, 2.45) is 0 Å². The maximum Gasteiger partial charge on any atom is 0.0373 e. The molecule has 11 heavy (non-hydrogen) atoms. The monoisotopic (exact) mass is 147 g/mol. The fraction of sp³-hybridized carbons (Fsp3) is 0.300. The van der Waals surface area contributed by atoms with E-state index in [9.17, 15) is 0 Å². The highest BCUT2D eigenvalue weighted by atomic mass is 14.6. The van der Waals surface area contributed by atoms with Gasteiger partial charge in [0.1, 0.15) is 0 Å². The van der Waals surface area contributed by atoms with Gasteiger partial charge in [-0.2, -0.15) is 0 Å². The molecular weight excluding hydrogens is 134 g/mol. The van der Waals surface area contributed by atoms with Crippen LogP contribution in [0.25, 0.3) is 6.08 Å². The summed E-state index contributed by atoms with van der Waals surface area (Å²) in [5.41, 5.74) is 3.54. The number of aryl methyl sites for hydroxylation is 1. The maximum atomic E-state index is 4.19. The highest BCUT2D eigenvalue weighted by molar-refractivity contribution is 5.50. The number of hydrogen-bond donors (Lipinski definition) is 0. The molecule has 0 N–H and O–H groups in total. The molecule has 0 spiro atoms. The Morgan fingerprint density at radius 2 is 2.09 bits per heavy atom. The van der Waals surface area contributed by atoms with Gasteiger partial charge in [0.2, 0.25) is 0 Å². The first-order valence-electron chi connectivity index (χ1n) is 3.76. The zero-order chi connectivity index (χ0) is 8.27. The third-order valence-electron chi connectivity index (χ3n) is 1.39. The molecule has 58 valence electrons. The average molecular weight is 147 g/mol. The van der Waals surface area contributed by atoms with E-state index in [2.05, 4.69) is 31.0 Å². The van der Waals surface area contributed by atoms with Crippen molar-refractivity contribution in [2.45, 2.75) is 20.8 Å². The zero-order valence-electron chi connectivity index (χ0n) is 7.26. The second kappa shape index (κ2) is 3.33. The molecule has 0 unspecified atom stereocenters. The van der Waals surface area contributed by atoms with Crippen molar-refractivity contribution < 1.29 is 0 Å². The SMILES string of the molecule is CC(C)=Cc1ccc(C)nc1. The van der Waals surface area contributed by atoms with E-state index in [1.165, 1.54) is 11.1 Å². The van der Waals surface area contributed by atoms with E-state index in [1.807, 2.05) is 19.2 Å². The highest BCUT2D eigenvalue weighted by Crippen LogP contribution is 2.04. The topological polar surface area (TPSA) is 12.9 Å². The molecule has 1 rings (SSSR count). The van der Waals surface area contributed by atoms with Crippen molar-refractivity contribution in [1.29, 1.82) is 0 Å². The summed E-state index contributed by atoms with van der Waals surface area (Å²) < 4.78 is 0. The number of hydrogen-bond acceptors (Lipinski definition) is 1. The first-order valence-corrected chi connectivity index (χ1v) is 3.76. The van der Waals surface area contributed by atoms with Gasteiger partial charge in [0.25, 0.3) is 0 Å². The second-order valence-corrected chi connectivity index (χ2v) is 2.95. The molecule has 1 aromatic rings. The van der Waals surface area contributed by atoms with Gasteiger partial charge in [-0.15, -0.1) is 0 Å². The summed E-state index contributed by atoms with van der Waals surface area (Å²) >= 11 is 0. The Morgan fingerprint density at radius 1 is 1.36 bits per heavy atom. The molecule has 0 atom stereocenters. The molecule has 0 fully saturated rings. The number of nitrogens with zero attached hydrogens (tertiary/aromatic N) is 1. The van der Waals surface area contributed by atoms with E-state index in [-0.39, 0.29) is 0 Å². The molecular formula is C10H13N. The first kappa shape index (κ1) is 7.99. The van der Waals surface area contributed by atoms with Crippen molar-refractivity contribution >= 4 is 6.08 Å². The predicted molar refractivity (Wildman–Crippen MR) is 48.3 cm³/mol. The minimum Gasteiger partial charge on any atom is -0.261 e. The van der Waals surface area contributed by atoms with Gasteiger partial charge < -0.3 is 0 Å². The summed E-state index contributed by atoms with van der Waals surface area (Å²) in [6.45, 7) is 6.16. The van der Waals surface area contributed by atoms with Crippen LogP contribution in [-0.2, 0) is 0 Å². The molecule has 0 aliphatic rings. The molecule has 0 saturated carbocycles. The fourth-order valence-electron chi connectivity index (χ4n) is 0.898. The Morgan fingerprint density at radius 3 is 2.55 bits per heavy atom. The third-order valence-corrected chi connectivity index (χ3v) is 1.39. The normalized spacial score (nSPS) is 9.36. The molecule has 0 saturated heterocycles. The van der Waals surface area contributed by atoms with E-state index in [0.29, 0.717) is 0 Å². The van der Waals surface area contributed by atoms with Crippen molar-refractivity contribution in [3.8, 4) is 0 Å². The van der Waals surface area contributed by atoms with Gasteiger partial charge in [-0.05, 0) is 32.4 Å². The van der Waals surface area contributed by atoms with Crippen LogP contribution in [0.5, 0.6) is 0 Å². The van der Waals surface area contributed by atoms with E-state index in [1.54, 1.807) is 0 Å². The molecule has 0 amide bonds. The van der Waals surface area contributed by atoms with Gasteiger partial charge in [-0.3, -0.25) is 4.98 Å². The molecule has 0 bridgehead atoms. The number of allylic oxidation sites excluding steroid dienone is 1. The maximum absolute atomic E-state index is 4.19. The van der Waals surface area contributed by atoms with Crippen molar-refractivity contribution in [3.05, 3.63) is 35.2 Å². The molecule has 0 aromatic carbocycles. The Labute approximate surface area is 67.8 Å². The molecule has 0 aliphatic carbocycles. The Balaban J connectivity index is 2.91. The van der Waals surface area contributed by atoms with Crippen LogP contribution in [0.15, 0.2) is 23.9 Å². The summed E-state index contributed by atoms with van der Waals surface area (Å²) in [5, 5.41) is 0. The van der Waals surface area contributed by atoms with Crippen LogP contribution in [0.2, 0.25) is 0 Å². The molecule has 0 radical (unpaired) electrons. The van der Waals surface area contributed by atoms with E-state index < -0.39 is 0 Å². The Kier molecular flexibility index (Phi) is 2.42. The first-order chi connectivity index (χ1) is 5.18. The highest BCUT2D eigenvalue weighted by Gasteiger charge is 1.87. The summed E-state index contributed by atoms with van der Waals surface area (Å²) in [7, 11) is 0. The van der Waals surface area contributed by atoms with Crippen LogP contribution < -0.4 is 0 Å². The van der Waals surface area contributed by atoms with Crippen LogP contribution in [0.4, 0.5) is 0 Å². The van der Waals surface area contributed by atoms with Gasteiger partial charge in [0.05, 0.1) is 0 Å². The minimum atomic E-state index is 1.07. The lowest BCUT2D eigenvalue weighted by atomic mass is 10.2. The van der Waals surface area contributed by atoms with E-state index >= 15 is 0 Å². The second-order valence-electron chi connectivity index (χ2n) is 2.95. The predicted octanol–water partition coefficient (Wildman–Crippen LogP) is 2.81. The molecule has 1 heteroatoms. The molecule has 1 nitrogen and oxygen atoms in total. The fourth-order valence-corrected chi connectivity index (χ4v) is 0.898. The summed E-state index contributed by atoms with van der Waals surface area (Å²) in [5.74, 6) is 0. The van der Waals surface area contributed by atoms with Crippen LogP contribution in [0.3, 0.4) is 0 Å². The van der Waals surface area contributed by atoms with E-state index in [4.69, 9.17) is 0 Å². The van der Waals surface area contributed by atoms with Crippen LogP contribution >= 0.6 is 0 Å². The van der Waals surface area contributed by atoms with Gasteiger partial charge in [-0.25, -0.2) is 0 Å². The molecule has 1 aromatic heterocycles. The zero-order valence-corrected chi connectivity index (χ0v) is 7.26. The van der Waals surface area contributed by atoms with Gasteiger partial charge in [-0.1, -0.05) is 17.7 Å². The molecule has 1 heterocycles. The number of rotatable bonds is 1. The lowest BCUT2D eigenvalue weighted by Crippen LogP contribution is -1.80. The average Bonchev–Trinajstić information content (AvgIpc) is 1.93. The number of aromatic nitrogens is 1. The third kappa shape index (κ3) is 2.54. The van der Waals surface area contributed by atoms with Gasteiger partial charge in [0, 0.05) is 11.9 Å². The minimum absolute atomic E-state index is 1.07. The largest absolute Gasteiger partial charge is 0.261 e. The number of pyridine rings is 1. The smallest absolute Gasteiger partial charge is 0.0373 e. The molecule has 0 aliphatic heterocycles. The van der Waals surface area contributed by atoms with Gasteiger partial charge >= 0.3 is 0 Å². The Bertz CT molecular complexity index is 253. The van der Waals surface area contributed by atoms with Gasteiger partial charge in [0.15, 0.2) is 0 Å². The lowest BCUT2D eigenvalue weighted by Gasteiger charge is -1.94. The lowest BCUT2D eigenvalue weighted by molar-refractivity contribution is 1.19. The summed E-state index contributed by atoms with van der Waals surface area (Å²) in [6, 6.07) is 4.10. The van der Waals surface area contributed by atoms with Crippen molar-refractivity contribution in [3.63, 3.8) is 0 Å².